The molecule has 0 spiro atoms. The van der Waals surface area contributed by atoms with Gasteiger partial charge in [-0.25, -0.2) is 0 Å². The maximum absolute atomic E-state index is 13.4. The van der Waals surface area contributed by atoms with Crippen molar-refractivity contribution >= 4 is 58.5 Å². The first-order valence-corrected chi connectivity index (χ1v) is 15.1. The second-order valence-corrected chi connectivity index (χ2v) is 11.2. The van der Waals surface area contributed by atoms with Crippen LogP contribution in [0.5, 0.6) is 11.5 Å². The number of benzene rings is 4. The van der Waals surface area contributed by atoms with E-state index in [2.05, 4.69) is 16.0 Å². The van der Waals surface area contributed by atoms with Gasteiger partial charge in [0.1, 0.15) is 17.2 Å². The Labute approximate surface area is 265 Å². The first-order valence-electron chi connectivity index (χ1n) is 13.8. The van der Waals surface area contributed by atoms with Gasteiger partial charge in [0, 0.05) is 27.4 Å². The number of amides is 3. The summed E-state index contributed by atoms with van der Waals surface area (Å²) in [7, 11) is 1.53. The fraction of sp³-hybridized carbons (Fsp3) is 0.147. The molecule has 226 valence electrons. The van der Waals surface area contributed by atoms with E-state index < -0.39 is 17.1 Å². The van der Waals surface area contributed by atoms with Gasteiger partial charge in [-0.3, -0.25) is 14.4 Å². The van der Waals surface area contributed by atoms with Crippen LogP contribution in [-0.2, 0) is 9.59 Å². The molecule has 1 atom stereocenters. The van der Waals surface area contributed by atoms with Crippen molar-refractivity contribution in [1.82, 2.24) is 5.32 Å². The summed E-state index contributed by atoms with van der Waals surface area (Å²) in [4.78, 5) is 40.0. The molecule has 8 nitrogen and oxygen atoms in total. The van der Waals surface area contributed by atoms with Crippen molar-refractivity contribution in [1.29, 1.82) is 0 Å². The standard InChI is InChI=1S/C34H32ClN3O5S/c1-4-43-30-13-9-8-12-24(30)20-29(38-33(40)23-10-6-5-7-11-23)34(41)36-25-14-17-27(18-15-25)44-22(2)32(39)37-26-16-19-31(42-3)28(35)21-26/h5-22H,4H2,1-3H3,(H,36,41)(H,37,39)(H,38,40)/b29-20-. The number of nitrogens with one attached hydrogen (secondary N) is 3. The molecule has 0 saturated carbocycles. The summed E-state index contributed by atoms with van der Waals surface area (Å²) in [5.74, 6) is -0.00625. The molecule has 0 aromatic heterocycles. The Morgan fingerprint density at radius 2 is 1.55 bits per heavy atom. The highest BCUT2D eigenvalue weighted by atomic mass is 35.5. The van der Waals surface area contributed by atoms with Crippen LogP contribution in [0.1, 0.15) is 29.8 Å². The van der Waals surface area contributed by atoms with Gasteiger partial charge in [-0.1, -0.05) is 48.0 Å². The van der Waals surface area contributed by atoms with E-state index in [-0.39, 0.29) is 11.6 Å². The zero-order valence-corrected chi connectivity index (χ0v) is 26.0. The summed E-state index contributed by atoms with van der Waals surface area (Å²) < 4.78 is 10.9. The third kappa shape index (κ3) is 8.89. The zero-order valence-electron chi connectivity index (χ0n) is 24.4. The van der Waals surface area contributed by atoms with E-state index in [1.54, 1.807) is 79.7 Å². The summed E-state index contributed by atoms with van der Waals surface area (Å²) in [6.07, 6.45) is 1.58. The highest BCUT2D eigenvalue weighted by Gasteiger charge is 2.18. The SMILES string of the molecule is CCOc1ccccc1/C=C(\NC(=O)c1ccccc1)C(=O)Nc1ccc(SC(C)C(=O)Nc2ccc(OC)c(Cl)c2)cc1. The van der Waals surface area contributed by atoms with Crippen molar-refractivity contribution in [2.24, 2.45) is 0 Å². The Bertz CT molecular complexity index is 1640. The maximum atomic E-state index is 13.4. The molecule has 4 aromatic rings. The number of methoxy groups -OCH3 is 1. The predicted molar refractivity (Wildman–Crippen MR) is 177 cm³/mol. The van der Waals surface area contributed by atoms with Gasteiger partial charge in [0.2, 0.25) is 5.91 Å². The Kier molecular flexibility index (Phi) is 11.5. The van der Waals surface area contributed by atoms with Crippen molar-refractivity contribution in [3.05, 3.63) is 119 Å². The Morgan fingerprint density at radius 3 is 2.23 bits per heavy atom. The zero-order chi connectivity index (χ0) is 31.5. The molecule has 44 heavy (non-hydrogen) atoms. The molecule has 0 aliphatic heterocycles. The monoisotopic (exact) mass is 629 g/mol. The summed E-state index contributed by atoms with van der Waals surface area (Å²) in [5.41, 5.74) is 2.19. The van der Waals surface area contributed by atoms with E-state index in [1.165, 1.54) is 18.9 Å². The van der Waals surface area contributed by atoms with E-state index in [0.717, 1.165) is 4.90 Å². The fourth-order valence-corrected chi connectivity index (χ4v) is 5.17. The van der Waals surface area contributed by atoms with Crippen molar-refractivity contribution in [2.75, 3.05) is 24.4 Å². The van der Waals surface area contributed by atoms with Crippen LogP contribution in [0.4, 0.5) is 11.4 Å². The van der Waals surface area contributed by atoms with Crippen LogP contribution in [0, 0.1) is 0 Å². The van der Waals surface area contributed by atoms with Crippen molar-refractivity contribution in [3.8, 4) is 11.5 Å². The van der Waals surface area contributed by atoms with Gasteiger partial charge in [0.25, 0.3) is 11.8 Å². The molecule has 0 radical (unpaired) electrons. The van der Waals surface area contributed by atoms with Gasteiger partial charge in [-0.05, 0) is 80.6 Å². The van der Waals surface area contributed by atoms with Gasteiger partial charge in [0.15, 0.2) is 0 Å². The van der Waals surface area contributed by atoms with Crippen molar-refractivity contribution in [3.63, 3.8) is 0 Å². The smallest absolute Gasteiger partial charge is 0.272 e. The number of para-hydroxylation sites is 1. The second kappa shape index (κ2) is 15.7. The molecule has 4 aromatic carbocycles. The molecule has 0 heterocycles. The summed E-state index contributed by atoms with van der Waals surface area (Å²) in [5, 5.41) is 8.44. The van der Waals surface area contributed by atoms with Gasteiger partial charge in [-0.2, -0.15) is 0 Å². The normalized spacial score (nSPS) is 11.7. The first kappa shape index (κ1) is 32.2. The lowest BCUT2D eigenvalue weighted by molar-refractivity contribution is -0.115. The van der Waals surface area contributed by atoms with Gasteiger partial charge in [0.05, 0.1) is 24.0 Å². The molecule has 0 bridgehead atoms. The Hall–Kier alpha value is -4.73. The van der Waals surface area contributed by atoms with Gasteiger partial charge >= 0.3 is 0 Å². The summed E-state index contributed by atoms with van der Waals surface area (Å²) in [6, 6.07) is 28.1. The highest BCUT2D eigenvalue weighted by molar-refractivity contribution is 8.00. The van der Waals surface area contributed by atoms with Crippen LogP contribution in [0.3, 0.4) is 0 Å². The molecule has 3 amide bonds. The average molecular weight is 630 g/mol. The molecule has 0 fully saturated rings. The third-order valence-corrected chi connectivity index (χ3v) is 7.67. The van der Waals surface area contributed by atoms with E-state index in [9.17, 15) is 14.4 Å². The summed E-state index contributed by atoms with van der Waals surface area (Å²) >= 11 is 7.53. The quantitative estimate of drug-likeness (QED) is 0.112. The highest BCUT2D eigenvalue weighted by Crippen LogP contribution is 2.29. The van der Waals surface area contributed by atoms with Crippen LogP contribution in [-0.4, -0.2) is 36.7 Å². The van der Waals surface area contributed by atoms with E-state index in [4.69, 9.17) is 21.1 Å². The Morgan fingerprint density at radius 1 is 0.864 bits per heavy atom. The number of anilines is 2. The van der Waals surface area contributed by atoms with Crippen LogP contribution < -0.4 is 25.4 Å². The van der Waals surface area contributed by atoms with Crippen LogP contribution in [0.25, 0.3) is 6.08 Å². The number of ether oxygens (including phenoxy) is 2. The number of carbonyl (C=O) groups is 3. The average Bonchev–Trinajstić information content (AvgIpc) is 3.03. The molecule has 0 aliphatic rings. The molecule has 0 aliphatic carbocycles. The van der Waals surface area contributed by atoms with Crippen molar-refractivity contribution < 1.29 is 23.9 Å². The number of rotatable bonds is 12. The number of thioether (sulfide) groups is 1. The minimum Gasteiger partial charge on any atom is -0.495 e. The Balaban J connectivity index is 1.45. The van der Waals surface area contributed by atoms with Crippen molar-refractivity contribution in [2.45, 2.75) is 24.0 Å². The number of hydrogen-bond acceptors (Lipinski definition) is 6. The molecular formula is C34H32ClN3O5S. The topological polar surface area (TPSA) is 106 Å². The molecular weight excluding hydrogens is 598 g/mol. The summed E-state index contributed by atoms with van der Waals surface area (Å²) in [6.45, 7) is 4.12. The number of halogens is 1. The fourth-order valence-electron chi connectivity index (χ4n) is 4.05. The molecule has 1 unspecified atom stereocenters. The minimum absolute atomic E-state index is 0.0494. The van der Waals surface area contributed by atoms with Crippen LogP contribution in [0.2, 0.25) is 5.02 Å². The molecule has 4 rings (SSSR count). The van der Waals surface area contributed by atoms with E-state index >= 15 is 0 Å². The number of hydrogen-bond donors (Lipinski definition) is 3. The molecule has 0 saturated heterocycles. The minimum atomic E-state index is -0.508. The molecule has 10 heteroatoms. The predicted octanol–water partition coefficient (Wildman–Crippen LogP) is 7.28. The van der Waals surface area contributed by atoms with Crippen LogP contribution >= 0.6 is 23.4 Å². The lowest BCUT2D eigenvalue weighted by Gasteiger charge is -2.14. The third-order valence-electron chi connectivity index (χ3n) is 6.26. The number of carbonyl (C=O) groups excluding carboxylic acids is 3. The van der Waals surface area contributed by atoms with E-state index in [1.807, 2.05) is 37.3 Å². The second-order valence-electron chi connectivity index (χ2n) is 9.43. The molecule has 3 N–H and O–H groups in total. The largest absolute Gasteiger partial charge is 0.495 e. The first-order chi connectivity index (χ1) is 21.3. The van der Waals surface area contributed by atoms with E-state index in [0.29, 0.717) is 45.6 Å². The lowest BCUT2D eigenvalue weighted by Crippen LogP contribution is -2.30. The van der Waals surface area contributed by atoms with Gasteiger partial charge in [-0.15, -0.1) is 11.8 Å². The van der Waals surface area contributed by atoms with Crippen LogP contribution in [0.15, 0.2) is 108 Å². The lowest BCUT2D eigenvalue weighted by atomic mass is 10.1. The van der Waals surface area contributed by atoms with Gasteiger partial charge < -0.3 is 25.4 Å². The maximum Gasteiger partial charge on any atom is 0.272 e.